The van der Waals surface area contributed by atoms with Crippen LogP contribution in [0.3, 0.4) is 0 Å². The van der Waals surface area contributed by atoms with E-state index >= 15 is 0 Å². The van der Waals surface area contributed by atoms with Gasteiger partial charge in [-0.25, -0.2) is 4.79 Å². The Hall–Kier alpha value is -0.770. The predicted octanol–water partition coefficient (Wildman–Crippen LogP) is 2.42. The van der Waals surface area contributed by atoms with Crippen LogP contribution in [0, 0.1) is 5.92 Å². The van der Waals surface area contributed by atoms with Crippen molar-refractivity contribution in [2.24, 2.45) is 5.92 Å². The van der Waals surface area contributed by atoms with E-state index in [1.165, 1.54) is 6.42 Å². The minimum Gasteiger partial charge on any atom is -0.444 e. The molecule has 0 spiro atoms. The van der Waals surface area contributed by atoms with Crippen molar-refractivity contribution in [1.82, 2.24) is 4.90 Å². The number of amides is 1. The van der Waals surface area contributed by atoms with Crippen molar-refractivity contribution in [2.45, 2.75) is 51.7 Å². The first-order valence-electron chi connectivity index (χ1n) is 6.55. The summed E-state index contributed by atoms with van der Waals surface area (Å²) in [7, 11) is 0. The second-order valence-corrected chi connectivity index (χ2v) is 6.03. The summed E-state index contributed by atoms with van der Waals surface area (Å²) in [5.74, 6) is 0.505. The van der Waals surface area contributed by atoms with Crippen LogP contribution in [0.15, 0.2) is 0 Å². The smallest absolute Gasteiger partial charge is 0.410 e. The molecule has 2 fully saturated rings. The highest BCUT2D eigenvalue weighted by molar-refractivity contribution is 5.68. The Morgan fingerprint density at radius 2 is 2.12 bits per heavy atom. The highest BCUT2D eigenvalue weighted by Crippen LogP contribution is 2.28. The normalized spacial score (nSPS) is 29.7. The fourth-order valence-corrected chi connectivity index (χ4v) is 2.58. The van der Waals surface area contributed by atoms with Gasteiger partial charge in [-0.3, -0.25) is 0 Å². The molecule has 1 amide bonds. The quantitative estimate of drug-likeness (QED) is 0.654. The Labute approximate surface area is 103 Å². The van der Waals surface area contributed by atoms with Gasteiger partial charge in [0.15, 0.2) is 0 Å². The van der Waals surface area contributed by atoms with Crippen LogP contribution in [0.5, 0.6) is 0 Å². The third-order valence-electron chi connectivity index (χ3n) is 3.37. The van der Waals surface area contributed by atoms with E-state index < -0.39 is 5.60 Å². The first-order valence-corrected chi connectivity index (χ1v) is 6.55. The average Bonchev–Trinajstić information content (AvgIpc) is 2.26. The molecule has 4 nitrogen and oxygen atoms in total. The van der Waals surface area contributed by atoms with E-state index in [1.54, 1.807) is 0 Å². The summed E-state index contributed by atoms with van der Waals surface area (Å²) < 4.78 is 11.1. The zero-order valence-corrected chi connectivity index (χ0v) is 11.1. The Kier molecular flexibility index (Phi) is 3.61. The topological polar surface area (TPSA) is 38.8 Å². The summed E-state index contributed by atoms with van der Waals surface area (Å²) in [6, 6.07) is 0. The molecule has 0 N–H and O–H groups in total. The zero-order valence-electron chi connectivity index (χ0n) is 11.1. The van der Waals surface area contributed by atoms with E-state index in [-0.39, 0.29) is 6.09 Å². The summed E-state index contributed by atoms with van der Waals surface area (Å²) in [5, 5.41) is 0. The van der Waals surface area contributed by atoms with E-state index in [0.717, 1.165) is 32.5 Å². The third-order valence-corrected chi connectivity index (χ3v) is 3.37. The molecule has 2 heterocycles. The van der Waals surface area contributed by atoms with Gasteiger partial charge in [-0.2, -0.15) is 0 Å². The highest BCUT2D eigenvalue weighted by Gasteiger charge is 2.35. The summed E-state index contributed by atoms with van der Waals surface area (Å²) in [6.07, 6.45) is 3.42. The third kappa shape index (κ3) is 3.35. The predicted molar refractivity (Wildman–Crippen MR) is 64.9 cm³/mol. The summed E-state index contributed by atoms with van der Waals surface area (Å²) in [5.41, 5.74) is -0.406. The van der Waals surface area contributed by atoms with Crippen LogP contribution in [-0.2, 0) is 9.47 Å². The van der Waals surface area contributed by atoms with Crippen LogP contribution in [0.2, 0.25) is 0 Å². The standard InChI is InChI=1S/C13H23NO3/c1-13(2,3)17-12(15)14-7-6-11-10(9-14)5-4-8-16-11/h10-11H,4-9H2,1-3H3. The Morgan fingerprint density at radius 1 is 1.35 bits per heavy atom. The molecule has 2 aliphatic heterocycles. The van der Waals surface area contributed by atoms with Crippen LogP contribution >= 0.6 is 0 Å². The van der Waals surface area contributed by atoms with Gasteiger partial charge in [-0.1, -0.05) is 0 Å². The molecular weight excluding hydrogens is 218 g/mol. The van der Waals surface area contributed by atoms with E-state index in [0.29, 0.717) is 12.0 Å². The van der Waals surface area contributed by atoms with Gasteiger partial charge < -0.3 is 14.4 Å². The minimum atomic E-state index is -0.406. The Morgan fingerprint density at radius 3 is 2.82 bits per heavy atom. The molecule has 17 heavy (non-hydrogen) atoms. The molecule has 0 aromatic heterocycles. The number of piperidine rings is 1. The molecule has 2 aliphatic rings. The molecule has 2 rings (SSSR count). The first-order chi connectivity index (χ1) is 7.96. The molecule has 2 unspecified atom stereocenters. The number of hydrogen-bond acceptors (Lipinski definition) is 3. The van der Waals surface area contributed by atoms with Crippen LogP contribution in [0.25, 0.3) is 0 Å². The lowest BCUT2D eigenvalue weighted by Crippen LogP contribution is -2.49. The molecule has 2 saturated heterocycles. The van der Waals surface area contributed by atoms with Crippen molar-refractivity contribution in [3.05, 3.63) is 0 Å². The van der Waals surface area contributed by atoms with Crippen LogP contribution in [0.4, 0.5) is 4.79 Å². The second-order valence-electron chi connectivity index (χ2n) is 6.03. The molecule has 0 saturated carbocycles. The number of carbonyl (C=O) groups is 1. The lowest BCUT2D eigenvalue weighted by molar-refractivity contribution is -0.0686. The van der Waals surface area contributed by atoms with E-state index in [4.69, 9.17) is 9.47 Å². The van der Waals surface area contributed by atoms with Crippen LogP contribution in [0.1, 0.15) is 40.0 Å². The number of hydrogen-bond donors (Lipinski definition) is 0. The molecule has 4 heteroatoms. The molecule has 2 atom stereocenters. The molecular formula is C13H23NO3. The molecule has 0 aromatic carbocycles. The Balaban J connectivity index is 1.89. The van der Waals surface area contributed by atoms with Gasteiger partial charge in [0.25, 0.3) is 0 Å². The maximum Gasteiger partial charge on any atom is 0.410 e. The van der Waals surface area contributed by atoms with Gasteiger partial charge in [0.05, 0.1) is 6.10 Å². The number of ether oxygens (including phenoxy) is 2. The monoisotopic (exact) mass is 241 g/mol. The zero-order chi connectivity index (χ0) is 12.5. The number of likely N-dealkylation sites (tertiary alicyclic amines) is 1. The van der Waals surface area contributed by atoms with Crippen molar-refractivity contribution in [2.75, 3.05) is 19.7 Å². The van der Waals surface area contributed by atoms with Gasteiger partial charge in [-0.05, 0) is 40.0 Å². The Bertz CT molecular complexity index is 285. The van der Waals surface area contributed by atoms with Gasteiger partial charge in [-0.15, -0.1) is 0 Å². The molecule has 0 bridgehead atoms. The van der Waals surface area contributed by atoms with Gasteiger partial charge in [0.1, 0.15) is 5.60 Å². The van der Waals surface area contributed by atoms with Crippen molar-refractivity contribution < 1.29 is 14.3 Å². The van der Waals surface area contributed by atoms with Crippen LogP contribution in [-0.4, -0.2) is 42.4 Å². The maximum atomic E-state index is 12.0. The molecule has 98 valence electrons. The van der Waals surface area contributed by atoms with Crippen LogP contribution < -0.4 is 0 Å². The highest BCUT2D eigenvalue weighted by atomic mass is 16.6. The lowest BCUT2D eigenvalue weighted by atomic mass is 9.89. The summed E-state index contributed by atoms with van der Waals surface area (Å²) >= 11 is 0. The summed E-state index contributed by atoms with van der Waals surface area (Å²) in [4.78, 5) is 13.8. The molecule has 0 radical (unpaired) electrons. The van der Waals surface area contributed by atoms with E-state index in [9.17, 15) is 4.79 Å². The van der Waals surface area contributed by atoms with E-state index in [2.05, 4.69) is 0 Å². The number of nitrogens with zero attached hydrogens (tertiary/aromatic N) is 1. The average molecular weight is 241 g/mol. The van der Waals surface area contributed by atoms with Crippen molar-refractivity contribution in [1.29, 1.82) is 0 Å². The molecule has 0 aliphatic carbocycles. The first kappa shape index (κ1) is 12.7. The van der Waals surface area contributed by atoms with Gasteiger partial charge in [0.2, 0.25) is 0 Å². The summed E-state index contributed by atoms with van der Waals surface area (Å²) in [6.45, 7) is 8.15. The maximum absolute atomic E-state index is 12.0. The number of fused-ring (bicyclic) bond motifs is 1. The largest absolute Gasteiger partial charge is 0.444 e. The SMILES string of the molecule is CC(C)(C)OC(=O)N1CCC2OCCCC2C1. The lowest BCUT2D eigenvalue weighted by Gasteiger charge is -2.41. The molecule has 0 aromatic rings. The van der Waals surface area contributed by atoms with Crippen molar-refractivity contribution in [3.8, 4) is 0 Å². The fourth-order valence-electron chi connectivity index (χ4n) is 2.58. The van der Waals surface area contributed by atoms with Gasteiger partial charge >= 0.3 is 6.09 Å². The minimum absolute atomic E-state index is 0.179. The fraction of sp³-hybridized carbons (Fsp3) is 0.923. The van der Waals surface area contributed by atoms with E-state index in [1.807, 2.05) is 25.7 Å². The van der Waals surface area contributed by atoms with Gasteiger partial charge in [0, 0.05) is 25.6 Å². The second kappa shape index (κ2) is 4.84. The number of rotatable bonds is 0. The number of carbonyl (C=O) groups excluding carboxylic acids is 1. The van der Waals surface area contributed by atoms with Crippen molar-refractivity contribution >= 4 is 6.09 Å². The van der Waals surface area contributed by atoms with Crippen molar-refractivity contribution in [3.63, 3.8) is 0 Å².